The molecule has 1 aromatic rings. The molecule has 0 aliphatic heterocycles. The van der Waals surface area contributed by atoms with Crippen LogP contribution < -0.4 is 4.74 Å². The molecule has 0 aliphatic rings. The zero-order valence-corrected chi connectivity index (χ0v) is 12.0. The van der Waals surface area contributed by atoms with Crippen molar-refractivity contribution < 1.29 is 4.74 Å². The fourth-order valence-corrected chi connectivity index (χ4v) is 2.02. The van der Waals surface area contributed by atoms with Crippen molar-refractivity contribution in [2.45, 2.75) is 19.3 Å². The summed E-state index contributed by atoms with van der Waals surface area (Å²) in [7, 11) is 0. The van der Waals surface area contributed by atoms with Crippen LogP contribution in [0.2, 0.25) is 10.0 Å². The Labute approximate surface area is 114 Å². The van der Waals surface area contributed by atoms with E-state index in [1.807, 2.05) is 0 Å². The lowest BCUT2D eigenvalue weighted by atomic mass is 10.3. The lowest BCUT2D eigenvalue weighted by molar-refractivity contribution is 0.307. The van der Waals surface area contributed by atoms with E-state index in [-0.39, 0.29) is 0 Å². The molecule has 84 valence electrons. The van der Waals surface area contributed by atoms with Gasteiger partial charge in [-0.2, -0.15) is 0 Å². The zero-order chi connectivity index (χ0) is 11.1. The summed E-state index contributed by atoms with van der Waals surface area (Å²) in [6.45, 7) is 0.705. The van der Waals surface area contributed by atoms with Gasteiger partial charge in [-0.05, 0) is 35.8 Å². The first-order valence-electron chi connectivity index (χ1n) is 4.88. The first-order chi connectivity index (χ1) is 7.24. The molecule has 0 aromatic heterocycles. The third kappa shape index (κ3) is 5.27. The maximum Gasteiger partial charge on any atom is 0.139 e. The Morgan fingerprint density at radius 2 is 1.93 bits per heavy atom. The zero-order valence-electron chi connectivity index (χ0n) is 8.31. The maximum atomic E-state index is 5.95. The van der Waals surface area contributed by atoms with Gasteiger partial charge in [0.2, 0.25) is 0 Å². The van der Waals surface area contributed by atoms with E-state index in [4.69, 9.17) is 27.9 Å². The minimum absolute atomic E-state index is 0.619. The van der Waals surface area contributed by atoms with Gasteiger partial charge in [0.25, 0.3) is 0 Å². The normalized spacial score (nSPS) is 10.3. The van der Waals surface area contributed by atoms with E-state index in [0.717, 1.165) is 6.42 Å². The summed E-state index contributed by atoms with van der Waals surface area (Å²) >= 11 is 14.2. The number of hydrogen-bond donors (Lipinski definition) is 0. The first-order valence-corrected chi connectivity index (χ1v) is 7.16. The number of unbranched alkanes of at least 4 members (excludes halogenated alkanes) is 2. The van der Waals surface area contributed by atoms with Crippen molar-refractivity contribution in [2.24, 2.45) is 0 Å². The second kappa shape index (κ2) is 7.58. The highest BCUT2D eigenvalue weighted by Gasteiger charge is 2.01. The Kier molecular flexibility index (Phi) is 6.77. The molecule has 15 heavy (non-hydrogen) atoms. The molecule has 4 heteroatoms. The molecule has 0 N–H and O–H groups in total. The molecule has 1 aromatic carbocycles. The van der Waals surface area contributed by atoms with Crippen molar-refractivity contribution in [1.29, 1.82) is 0 Å². The highest BCUT2D eigenvalue weighted by molar-refractivity contribution is 14.1. The average molecular weight is 359 g/mol. The number of halogens is 3. The Morgan fingerprint density at radius 1 is 1.13 bits per heavy atom. The topological polar surface area (TPSA) is 9.23 Å². The monoisotopic (exact) mass is 358 g/mol. The van der Waals surface area contributed by atoms with Gasteiger partial charge in [-0.15, -0.1) is 0 Å². The van der Waals surface area contributed by atoms with E-state index in [9.17, 15) is 0 Å². The van der Waals surface area contributed by atoms with Crippen LogP contribution in [0.1, 0.15) is 19.3 Å². The van der Waals surface area contributed by atoms with Crippen LogP contribution in [-0.2, 0) is 0 Å². The van der Waals surface area contributed by atoms with Gasteiger partial charge in [0.1, 0.15) is 5.75 Å². The quantitative estimate of drug-likeness (QED) is 0.396. The van der Waals surface area contributed by atoms with Crippen LogP contribution in [0, 0.1) is 0 Å². The molecule has 0 bridgehead atoms. The lowest BCUT2D eigenvalue weighted by Crippen LogP contribution is -1.97. The van der Waals surface area contributed by atoms with Crippen molar-refractivity contribution >= 4 is 45.8 Å². The average Bonchev–Trinajstić information content (AvgIpc) is 2.23. The van der Waals surface area contributed by atoms with Gasteiger partial charge in [-0.25, -0.2) is 0 Å². The van der Waals surface area contributed by atoms with Crippen LogP contribution in [0.3, 0.4) is 0 Å². The lowest BCUT2D eigenvalue weighted by Gasteiger charge is -2.07. The van der Waals surface area contributed by atoms with Gasteiger partial charge in [-0.3, -0.25) is 0 Å². The highest BCUT2D eigenvalue weighted by Crippen LogP contribution is 2.27. The van der Waals surface area contributed by atoms with E-state index in [1.54, 1.807) is 18.2 Å². The molecule has 0 spiro atoms. The smallest absolute Gasteiger partial charge is 0.139 e. The molecule has 0 saturated heterocycles. The van der Waals surface area contributed by atoms with E-state index >= 15 is 0 Å². The Bertz CT molecular complexity index is 305. The molecule has 0 heterocycles. The largest absolute Gasteiger partial charge is 0.492 e. The summed E-state index contributed by atoms with van der Waals surface area (Å²) in [5, 5.41) is 1.27. The molecular weight excluding hydrogens is 346 g/mol. The van der Waals surface area contributed by atoms with E-state index < -0.39 is 0 Å². The molecule has 1 rings (SSSR count). The Hall–Kier alpha value is 0.330. The summed E-state index contributed by atoms with van der Waals surface area (Å²) in [5.41, 5.74) is 0. The molecular formula is C11H13Cl2IO. The predicted octanol–water partition coefficient (Wildman–Crippen LogP) is 4.98. The van der Waals surface area contributed by atoms with Gasteiger partial charge < -0.3 is 4.74 Å². The van der Waals surface area contributed by atoms with Crippen LogP contribution in [0.4, 0.5) is 0 Å². The molecule has 0 aliphatic carbocycles. The van der Waals surface area contributed by atoms with Gasteiger partial charge in [0.15, 0.2) is 0 Å². The van der Waals surface area contributed by atoms with Crippen molar-refractivity contribution in [3.05, 3.63) is 28.2 Å². The van der Waals surface area contributed by atoms with Crippen LogP contribution in [-0.4, -0.2) is 11.0 Å². The number of hydrogen-bond acceptors (Lipinski definition) is 1. The van der Waals surface area contributed by atoms with Gasteiger partial charge in [-0.1, -0.05) is 45.8 Å². The first kappa shape index (κ1) is 13.4. The number of ether oxygens (including phenoxy) is 1. The van der Waals surface area contributed by atoms with E-state index in [1.165, 1.54) is 17.3 Å². The number of benzene rings is 1. The maximum absolute atomic E-state index is 5.95. The minimum Gasteiger partial charge on any atom is -0.492 e. The Morgan fingerprint density at radius 3 is 2.67 bits per heavy atom. The molecule has 0 radical (unpaired) electrons. The van der Waals surface area contributed by atoms with Crippen molar-refractivity contribution in [2.75, 3.05) is 11.0 Å². The third-order valence-electron chi connectivity index (χ3n) is 1.93. The molecule has 0 saturated carbocycles. The second-order valence-corrected chi connectivity index (χ2v) is 5.10. The summed E-state index contributed by atoms with van der Waals surface area (Å²) in [6, 6.07) is 5.26. The molecule has 0 atom stereocenters. The number of alkyl halides is 1. The van der Waals surface area contributed by atoms with Gasteiger partial charge >= 0.3 is 0 Å². The molecule has 1 nitrogen and oxygen atoms in total. The summed E-state index contributed by atoms with van der Waals surface area (Å²) in [5.74, 6) is 0.679. The molecule has 0 fully saturated rings. The summed E-state index contributed by atoms with van der Waals surface area (Å²) in [6.07, 6.45) is 3.50. The van der Waals surface area contributed by atoms with Crippen molar-refractivity contribution in [3.8, 4) is 5.75 Å². The minimum atomic E-state index is 0.619. The summed E-state index contributed by atoms with van der Waals surface area (Å²) < 4.78 is 6.75. The fraction of sp³-hybridized carbons (Fsp3) is 0.455. The van der Waals surface area contributed by atoms with Crippen molar-refractivity contribution in [3.63, 3.8) is 0 Å². The van der Waals surface area contributed by atoms with E-state index in [2.05, 4.69) is 22.6 Å². The fourth-order valence-electron chi connectivity index (χ4n) is 1.14. The van der Waals surface area contributed by atoms with Gasteiger partial charge in [0, 0.05) is 11.1 Å². The van der Waals surface area contributed by atoms with E-state index in [0.29, 0.717) is 22.4 Å². The molecule has 0 unspecified atom stereocenters. The second-order valence-electron chi connectivity index (χ2n) is 3.17. The van der Waals surface area contributed by atoms with Crippen molar-refractivity contribution in [1.82, 2.24) is 0 Å². The van der Waals surface area contributed by atoms with Crippen LogP contribution in [0.25, 0.3) is 0 Å². The summed E-state index contributed by atoms with van der Waals surface area (Å²) in [4.78, 5) is 0. The number of rotatable bonds is 6. The Balaban J connectivity index is 2.33. The standard InChI is InChI=1S/C11H13Cl2IO/c12-9-4-5-10(13)11(8-9)15-7-3-1-2-6-14/h4-5,8H,1-3,6-7H2. The predicted molar refractivity (Wildman–Crippen MR) is 74.7 cm³/mol. The van der Waals surface area contributed by atoms with Crippen LogP contribution in [0.5, 0.6) is 5.75 Å². The van der Waals surface area contributed by atoms with Gasteiger partial charge in [0.05, 0.1) is 11.6 Å². The highest BCUT2D eigenvalue weighted by atomic mass is 127. The SMILES string of the molecule is Clc1ccc(Cl)c(OCCCCCI)c1. The molecule has 0 amide bonds. The third-order valence-corrected chi connectivity index (χ3v) is 3.24. The van der Waals surface area contributed by atoms with Crippen LogP contribution in [0.15, 0.2) is 18.2 Å². The van der Waals surface area contributed by atoms with Crippen LogP contribution >= 0.6 is 45.8 Å².